The minimum absolute atomic E-state index is 0.545. The Morgan fingerprint density at radius 2 is 2.10 bits per heavy atom. The first-order valence-electron chi connectivity index (χ1n) is 7.51. The molecular formula is C16H22N2OS. The van der Waals surface area contributed by atoms with Crippen LogP contribution in [0.5, 0.6) is 0 Å². The number of rotatable bonds is 4. The number of anilines is 1. The molecule has 3 nitrogen and oxygen atoms in total. The fraction of sp³-hybridized carbons (Fsp3) is 0.562. The average Bonchev–Trinajstić information content (AvgIpc) is 2.89. The third-order valence-electron chi connectivity index (χ3n) is 4.58. The second kappa shape index (κ2) is 5.70. The number of hydrogen-bond donors (Lipinski definition) is 2. The maximum atomic E-state index is 10.7. The third-order valence-corrected chi connectivity index (χ3v) is 5.41. The van der Waals surface area contributed by atoms with E-state index in [9.17, 15) is 5.11 Å². The Kier molecular flexibility index (Phi) is 3.94. The lowest BCUT2D eigenvalue weighted by Gasteiger charge is -2.36. The van der Waals surface area contributed by atoms with Gasteiger partial charge in [0, 0.05) is 11.9 Å². The Morgan fingerprint density at radius 3 is 2.85 bits per heavy atom. The summed E-state index contributed by atoms with van der Waals surface area (Å²) in [5.74, 6) is 0.805. The van der Waals surface area contributed by atoms with E-state index in [0.29, 0.717) is 6.54 Å². The molecule has 3 rings (SSSR count). The van der Waals surface area contributed by atoms with Gasteiger partial charge in [0.15, 0.2) is 0 Å². The largest absolute Gasteiger partial charge is 0.388 e. The highest BCUT2D eigenvalue weighted by atomic mass is 32.1. The molecule has 1 heterocycles. The normalized spacial score (nSPS) is 26.8. The van der Waals surface area contributed by atoms with Crippen molar-refractivity contribution in [1.29, 1.82) is 0 Å². The van der Waals surface area contributed by atoms with Gasteiger partial charge in [0.05, 0.1) is 11.1 Å². The quantitative estimate of drug-likeness (QED) is 0.893. The molecule has 0 aliphatic heterocycles. The van der Waals surface area contributed by atoms with Gasteiger partial charge in [-0.3, -0.25) is 0 Å². The number of nitrogens with zero attached hydrogens (tertiary/aromatic N) is 1. The Hall–Kier alpha value is -1.13. The van der Waals surface area contributed by atoms with Crippen LogP contribution in [0.3, 0.4) is 0 Å². The monoisotopic (exact) mass is 290 g/mol. The summed E-state index contributed by atoms with van der Waals surface area (Å²) in [5, 5.41) is 16.3. The van der Waals surface area contributed by atoms with Crippen LogP contribution < -0.4 is 5.32 Å². The summed E-state index contributed by atoms with van der Waals surface area (Å²) in [4.78, 5) is 0. The maximum Gasteiger partial charge on any atom is 0.117 e. The molecule has 0 atom stereocenters. The Balaban J connectivity index is 1.64. The average molecular weight is 290 g/mol. The molecule has 0 radical (unpaired) electrons. The summed E-state index contributed by atoms with van der Waals surface area (Å²) in [5.41, 5.74) is 0.484. The van der Waals surface area contributed by atoms with E-state index < -0.39 is 5.60 Å². The first-order valence-corrected chi connectivity index (χ1v) is 8.28. The highest BCUT2D eigenvalue weighted by Crippen LogP contribution is 2.35. The first-order chi connectivity index (χ1) is 9.70. The second-order valence-electron chi connectivity index (χ2n) is 5.96. The minimum atomic E-state index is -0.545. The van der Waals surface area contributed by atoms with Gasteiger partial charge in [-0.1, -0.05) is 25.5 Å². The highest BCUT2D eigenvalue weighted by Gasteiger charge is 2.32. The number of nitrogens with one attached hydrogen (secondary N) is 1. The van der Waals surface area contributed by atoms with Crippen LogP contribution in [0.25, 0.3) is 10.9 Å². The number of aromatic nitrogens is 1. The number of benzene rings is 1. The van der Waals surface area contributed by atoms with E-state index in [0.717, 1.165) is 47.5 Å². The van der Waals surface area contributed by atoms with E-state index in [1.165, 1.54) is 18.0 Å². The van der Waals surface area contributed by atoms with E-state index >= 15 is 0 Å². The summed E-state index contributed by atoms with van der Waals surface area (Å²) < 4.78 is 4.43. The lowest BCUT2D eigenvalue weighted by Crippen LogP contribution is -2.40. The van der Waals surface area contributed by atoms with Crippen LogP contribution in [-0.2, 0) is 0 Å². The summed E-state index contributed by atoms with van der Waals surface area (Å²) in [6.45, 7) is 2.88. The zero-order valence-electron chi connectivity index (χ0n) is 11.9. The molecule has 0 saturated heterocycles. The van der Waals surface area contributed by atoms with Crippen molar-refractivity contribution in [2.24, 2.45) is 5.92 Å². The summed E-state index contributed by atoms with van der Waals surface area (Å²) in [7, 11) is 0. The van der Waals surface area contributed by atoms with Crippen LogP contribution in [-0.4, -0.2) is 21.6 Å². The van der Waals surface area contributed by atoms with Crippen LogP contribution in [0.15, 0.2) is 24.3 Å². The molecule has 1 aromatic carbocycles. The van der Waals surface area contributed by atoms with Crippen molar-refractivity contribution >= 4 is 27.4 Å². The highest BCUT2D eigenvalue weighted by molar-refractivity contribution is 7.11. The van der Waals surface area contributed by atoms with Crippen molar-refractivity contribution < 1.29 is 5.11 Å². The van der Waals surface area contributed by atoms with E-state index in [1.807, 2.05) is 18.2 Å². The minimum Gasteiger partial charge on any atom is -0.388 e. The topological polar surface area (TPSA) is 45.1 Å². The lowest BCUT2D eigenvalue weighted by atomic mass is 9.78. The van der Waals surface area contributed by atoms with Crippen molar-refractivity contribution in [3.05, 3.63) is 24.3 Å². The molecule has 0 amide bonds. The molecule has 2 aromatic rings. The second-order valence-corrected chi connectivity index (χ2v) is 6.73. The first kappa shape index (κ1) is 13.8. The molecule has 0 unspecified atom stereocenters. The van der Waals surface area contributed by atoms with E-state index in [4.69, 9.17) is 0 Å². The van der Waals surface area contributed by atoms with Gasteiger partial charge in [0.25, 0.3) is 0 Å². The Labute approximate surface area is 124 Å². The molecule has 108 valence electrons. The summed E-state index contributed by atoms with van der Waals surface area (Å²) in [6, 6.07) is 8.14. The van der Waals surface area contributed by atoms with Gasteiger partial charge >= 0.3 is 0 Å². The summed E-state index contributed by atoms with van der Waals surface area (Å²) in [6.07, 6.45) is 5.36. The standard InChI is InChI=1S/C16H22N2OS/c1-2-12-7-9-16(19,10-8-12)11-17-15-13-5-3-4-6-14(13)18-20-15/h3-6,12,17,19H,2,7-11H2,1H3. The van der Waals surface area contributed by atoms with E-state index in [1.54, 1.807) is 0 Å². The zero-order valence-corrected chi connectivity index (χ0v) is 12.7. The van der Waals surface area contributed by atoms with Gasteiger partial charge in [-0.15, -0.1) is 0 Å². The fourth-order valence-electron chi connectivity index (χ4n) is 3.06. The van der Waals surface area contributed by atoms with Crippen LogP contribution in [0.4, 0.5) is 5.00 Å². The fourth-order valence-corrected chi connectivity index (χ4v) is 3.82. The third kappa shape index (κ3) is 2.81. The van der Waals surface area contributed by atoms with Crippen molar-refractivity contribution in [1.82, 2.24) is 4.37 Å². The van der Waals surface area contributed by atoms with Gasteiger partial charge in [-0.2, -0.15) is 4.37 Å². The van der Waals surface area contributed by atoms with Crippen LogP contribution in [0, 0.1) is 5.92 Å². The van der Waals surface area contributed by atoms with Gasteiger partial charge in [-0.05, 0) is 55.3 Å². The molecule has 20 heavy (non-hydrogen) atoms. The molecule has 0 spiro atoms. The van der Waals surface area contributed by atoms with E-state index in [2.05, 4.69) is 22.7 Å². The van der Waals surface area contributed by atoms with Crippen molar-refractivity contribution in [2.75, 3.05) is 11.9 Å². The molecule has 4 heteroatoms. The number of aliphatic hydroxyl groups is 1. The molecule has 1 aliphatic carbocycles. The lowest BCUT2D eigenvalue weighted by molar-refractivity contribution is 0.00237. The maximum absolute atomic E-state index is 10.7. The Morgan fingerprint density at radius 1 is 1.35 bits per heavy atom. The van der Waals surface area contributed by atoms with Gasteiger partial charge in [0.2, 0.25) is 0 Å². The Bertz CT molecular complexity index is 573. The number of hydrogen-bond acceptors (Lipinski definition) is 4. The van der Waals surface area contributed by atoms with Crippen LogP contribution in [0.2, 0.25) is 0 Å². The van der Waals surface area contributed by atoms with Crippen molar-refractivity contribution in [3.63, 3.8) is 0 Å². The van der Waals surface area contributed by atoms with Gasteiger partial charge in [0.1, 0.15) is 5.00 Å². The molecule has 1 aliphatic rings. The SMILES string of the molecule is CCC1CCC(O)(CNc2snc3ccccc23)CC1. The van der Waals surface area contributed by atoms with Crippen LogP contribution in [0.1, 0.15) is 39.0 Å². The molecular weight excluding hydrogens is 268 g/mol. The molecule has 1 saturated carbocycles. The number of fused-ring (bicyclic) bond motifs is 1. The summed E-state index contributed by atoms with van der Waals surface area (Å²) >= 11 is 1.48. The molecule has 2 N–H and O–H groups in total. The van der Waals surface area contributed by atoms with Crippen molar-refractivity contribution in [2.45, 2.75) is 44.6 Å². The molecule has 0 bridgehead atoms. The van der Waals surface area contributed by atoms with Gasteiger partial charge in [-0.25, -0.2) is 0 Å². The predicted molar refractivity (Wildman–Crippen MR) is 85.3 cm³/mol. The smallest absolute Gasteiger partial charge is 0.117 e. The molecule has 1 fully saturated rings. The molecule has 1 aromatic heterocycles. The van der Waals surface area contributed by atoms with Crippen LogP contribution >= 0.6 is 11.5 Å². The predicted octanol–water partition coefficient (Wildman–Crippen LogP) is 4.04. The van der Waals surface area contributed by atoms with E-state index in [-0.39, 0.29) is 0 Å². The zero-order chi connectivity index (χ0) is 14.0. The van der Waals surface area contributed by atoms with Gasteiger partial charge < -0.3 is 10.4 Å². The van der Waals surface area contributed by atoms with Crippen molar-refractivity contribution in [3.8, 4) is 0 Å².